The van der Waals surface area contributed by atoms with Crippen molar-refractivity contribution in [3.63, 3.8) is 0 Å². The first kappa shape index (κ1) is 16.6. The predicted molar refractivity (Wildman–Crippen MR) is 92.6 cm³/mol. The molecule has 9 heteroatoms. The number of fused-ring (bicyclic) bond motifs is 3. The van der Waals surface area contributed by atoms with Crippen LogP contribution < -0.4 is 11.3 Å². The Balaban J connectivity index is 2.16. The molecular formula is C17H8BrF3N2O3. The number of aromatic nitrogens is 2. The molecule has 0 fully saturated rings. The van der Waals surface area contributed by atoms with E-state index in [9.17, 15) is 22.8 Å². The standard InChI is InChI=1S/C17H8BrF3N2O3/c18-9-4-5-12-11(7-9)14-13(15(24)26-12)22-16(25)23(14)10-3-1-2-8(6-10)17(19,20)21/h1-7H,(H,22,25). The van der Waals surface area contributed by atoms with E-state index in [0.29, 0.717) is 9.86 Å². The second-order valence-electron chi connectivity index (χ2n) is 5.57. The number of hydrogen-bond acceptors (Lipinski definition) is 3. The molecule has 0 unspecified atom stereocenters. The monoisotopic (exact) mass is 424 g/mol. The number of nitrogens with zero attached hydrogens (tertiary/aromatic N) is 1. The van der Waals surface area contributed by atoms with E-state index in [1.807, 2.05) is 0 Å². The lowest BCUT2D eigenvalue weighted by Crippen LogP contribution is -2.15. The normalized spacial score (nSPS) is 12.2. The van der Waals surface area contributed by atoms with Crippen LogP contribution in [0.5, 0.6) is 0 Å². The van der Waals surface area contributed by atoms with Gasteiger partial charge in [-0.05, 0) is 36.4 Å². The molecular weight excluding hydrogens is 417 g/mol. The van der Waals surface area contributed by atoms with E-state index in [0.717, 1.165) is 16.7 Å². The van der Waals surface area contributed by atoms with Gasteiger partial charge in [0.25, 0.3) is 0 Å². The van der Waals surface area contributed by atoms with Crippen LogP contribution in [0, 0.1) is 0 Å². The van der Waals surface area contributed by atoms with Gasteiger partial charge in [-0.15, -0.1) is 0 Å². The summed E-state index contributed by atoms with van der Waals surface area (Å²) in [6, 6.07) is 9.14. The fourth-order valence-corrected chi connectivity index (χ4v) is 3.19. The lowest BCUT2D eigenvalue weighted by molar-refractivity contribution is -0.137. The van der Waals surface area contributed by atoms with Crippen LogP contribution in [-0.2, 0) is 6.18 Å². The van der Waals surface area contributed by atoms with Crippen LogP contribution in [0.1, 0.15) is 5.56 Å². The van der Waals surface area contributed by atoms with Crippen LogP contribution in [0.25, 0.3) is 27.7 Å². The third-order valence-corrected chi connectivity index (χ3v) is 4.42. The van der Waals surface area contributed by atoms with E-state index in [1.165, 1.54) is 18.2 Å². The van der Waals surface area contributed by atoms with Crippen LogP contribution in [0.3, 0.4) is 0 Å². The first-order valence-corrected chi connectivity index (χ1v) is 8.10. The highest BCUT2D eigenvalue weighted by atomic mass is 79.9. The number of rotatable bonds is 1. The number of imidazole rings is 1. The van der Waals surface area contributed by atoms with Crippen molar-refractivity contribution in [1.29, 1.82) is 0 Å². The summed E-state index contributed by atoms with van der Waals surface area (Å²) < 4.78 is 45.9. The van der Waals surface area contributed by atoms with Crippen LogP contribution in [0.4, 0.5) is 13.2 Å². The lowest BCUT2D eigenvalue weighted by atomic mass is 10.1. The molecule has 4 rings (SSSR count). The van der Waals surface area contributed by atoms with E-state index in [2.05, 4.69) is 20.9 Å². The Kier molecular flexibility index (Phi) is 3.58. The third kappa shape index (κ3) is 2.55. The minimum Gasteiger partial charge on any atom is -0.421 e. The topological polar surface area (TPSA) is 68.0 Å². The Morgan fingerprint density at radius 1 is 1.08 bits per heavy atom. The van der Waals surface area contributed by atoms with Gasteiger partial charge in [0.1, 0.15) is 5.58 Å². The molecule has 0 atom stereocenters. The van der Waals surface area contributed by atoms with Gasteiger partial charge in [-0.1, -0.05) is 22.0 Å². The van der Waals surface area contributed by atoms with Crippen LogP contribution >= 0.6 is 15.9 Å². The maximum Gasteiger partial charge on any atom is 0.416 e. The predicted octanol–water partition coefficient (Wildman–Crippen LogP) is 4.21. The summed E-state index contributed by atoms with van der Waals surface area (Å²) in [4.78, 5) is 26.9. The molecule has 0 spiro atoms. The van der Waals surface area contributed by atoms with Crippen molar-refractivity contribution in [2.45, 2.75) is 6.18 Å². The van der Waals surface area contributed by atoms with Crippen molar-refractivity contribution in [2.75, 3.05) is 0 Å². The highest BCUT2D eigenvalue weighted by Gasteiger charge is 2.31. The molecule has 0 saturated carbocycles. The number of aromatic amines is 1. The van der Waals surface area contributed by atoms with Gasteiger partial charge in [0.05, 0.1) is 16.8 Å². The van der Waals surface area contributed by atoms with Gasteiger partial charge in [-0.25, -0.2) is 9.59 Å². The van der Waals surface area contributed by atoms with E-state index < -0.39 is 23.1 Å². The highest BCUT2D eigenvalue weighted by molar-refractivity contribution is 9.10. The van der Waals surface area contributed by atoms with Gasteiger partial charge >= 0.3 is 17.5 Å². The average molecular weight is 425 g/mol. The molecule has 26 heavy (non-hydrogen) atoms. The maximum atomic E-state index is 13.0. The van der Waals surface area contributed by atoms with Gasteiger partial charge < -0.3 is 4.42 Å². The van der Waals surface area contributed by atoms with Gasteiger partial charge in [0.15, 0.2) is 5.52 Å². The largest absolute Gasteiger partial charge is 0.421 e. The summed E-state index contributed by atoms with van der Waals surface area (Å²) in [5.41, 5.74) is -2.17. The lowest BCUT2D eigenvalue weighted by Gasteiger charge is -2.10. The van der Waals surface area contributed by atoms with E-state index in [-0.39, 0.29) is 22.3 Å². The molecule has 0 saturated heterocycles. The number of alkyl halides is 3. The zero-order valence-corrected chi connectivity index (χ0v) is 14.3. The zero-order chi connectivity index (χ0) is 18.6. The summed E-state index contributed by atoms with van der Waals surface area (Å²) in [7, 11) is 0. The van der Waals surface area contributed by atoms with Crippen LogP contribution in [-0.4, -0.2) is 9.55 Å². The molecule has 2 heterocycles. The Morgan fingerprint density at radius 3 is 2.58 bits per heavy atom. The van der Waals surface area contributed by atoms with E-state index in [1.54, 1.807) is 12.1 Å². The molecule has 4 aromatic rings. The minimum atomic E-state index is -4.56. The summed E-state index contributed by atoms with van der Waals surface area (Å²) in [5, 5.41) is 0.407. The molecule has 0 bridgehead atoms. The third-order valence-electron chi connectivity index (χ3n) is 3.93. The summed E-state index contributed by atoms with van der Waals surface area (Å²) in [5.74, 6) is 0. The van der Waals surface area contributed by atoms with Crippen LogP contribution in [0.15, 0.2) is 60.9 Å². The second-order valence-corrected chi connectivity index (χ2v) is 6.48. The molecule has 0 aliphatic rings. The smallest absolute Gasteiger partial charge is 0.416 e. The van der Waals surface area contributed by atoms with Gasteiger partial charge in [-0.2, -0.15) is 13.2 Å². The number of nitrogens with one attached hydrogen (secondary N) is 1. The van der Waals surface area contributed by atoms with Crippen molar-refractivity contribution in [1.82, 2.24) is 9.55 Å². The van der Waals surface area contributed by atoms with Crippen molar-refractivity contribution < 1.29 is 17.6 Å². The van der Waals surface area contributed by atoms with Crippen LogP contribution in [0.2, 0.25) is 0 Å². The van der Waals surface area contributed by atoms with Gasteiger partial charge in [-0.3, -0.25) is 9.55 Å². The summed E-state index contributed by atoms with van der Waals surface area (Å²) >= 11 is 3.30. The van der Waals surface area contributed by atoms with Gasteiger partial charge in [0, 0.05) is 9.86 Å². The van der Waals surface area contributed by atoms with Crippen molar-refractivity contribution in [3.05, 3.63) is 73.4 Å². The van der Waals surface area contributed by atoms with Crippen molar-refractivity contribution >= 4 is 37.9 Å². The van der Waals surface area contributed by atoms with E-state index in [4.69, 9.17) is 4.42 Å². The number of benzene rings is 2. The molecule has 0 radical (unpaired) electrons. The maximum absolute atomic E-state index is 13.0. The minimum absolute atomic E-state index is 0.0112. The molecule has 2 aromatic carbocycles. The zero-order valence-electron chi connectivity index (χ0n) is 12.7. The number of hydrogen-bond donors (Lipinski definition) is 1. The second kappa shape index (κ2) is 5.60. The molecule has 0 aliphatic carbocycles. The summed E-state index contributed by atoms with van der Waals surface area (Å²) in [6.45, 7) is 0. The Morgan fingerprint density at radius 2 is 1.85 bits per heavy atom. The Labute approximate surface area is 150 Å². The van der Waals surface area contributed by atoms with Gasteiger partial charge in [0.2, 0.25) is 0 Å². The Hall–Kier alpha value is -2.81. The molecule has 5 nitrogen and oxygen atoms in total. The molecule has 2 aromatic heterocycles. The van der Waals surface area contributed by atoms with E-state index >= 15 is 0 Å². The molecule has 0 amide bonds. The highest BCUT2D eigenvalue weighted by Crippen LogP contribution is 2.31. The first-order valence-electron chi connectivity index (χ1n) is 7.30. The number of halogens is 4. The number of H-pyrrole nitrogens is 1. The quantitative estimate of drug-likeness (QED) is 0.465. The fraction of sp³-hybridized carbons (Fsp3) is 0.0588. The SMILES string of the molecule is O=c1oc2ccc(Br)cc2c2c1[nH]c(=O)n2-c1cccc(C(F)(F)F)c1. The first-order chi connectivity index (χ1) is 12.3. The summed E-state index contributed by atoms with van der Waals surface area (Å²) in [6.07, 6.45) is -4.56. The van der Waals surface area contributed by atoms with Crippen molar-refractivity contribution in [3.8, 4) is 5.69 Å². The molecule has 132 valence electrons. The molecule has 0 aliphatic heterocycles. The molecule has 1 N–H and O–H groups in total. The average Bonchev–Trinajstić information content (AvgIpc) is 2.93. The van der Waals surface area contributed by atoms with Crippen molar-refractivity contribution in [2.24, 2.45) is 0 Å². The fourth-order valence-electron chi connectivity index (χ4n) is 2.83. The Bertz CT molecular complexity index is 1280.